The number of aryl methyl sites for hydroxylation is 5. The molecular formula is C95H117FN16O4. The lowest BCUT2D eigenvalue weighted by atomic mass is 9.98. The SMILES string of the molecule is Cc1ccc(-c2ccc3cc(C(=O)NC[C@@H](N)CCC(N)C(C)C)[nH]c3c2)cc1.Cc1ccc(-c2ccc3cc(C(=O)NC[C@@H](N)CCCN)[nH]c3c2)cc1.Cc1ccc(-c2ccc3cc(C(=O)NC[C@@H](N)CCCN)n(C)c3c2)cc1.Cc1ccc(-c2ccc3cc(C(=O)NC[C@@H](N)CCCN)n(Cc4ccc(F)cc4)c3c2)cc1. The number of carbonyl (C=O) groups excluding carboxylic acids is 4. The molecule has 608 valence electrons. The van der Waals surface area contributed by atoms with Gasteiger partial charge in [-0.1, -0.05) is 194 Å². The Bertz CT molecular complexity index is 5360. The van der Waals surface area contributed by atoms with Crippen molar-refractivity contribution in [2.75, 3.05) is 45.8 Å². The first-order chi connectivity index (χ1) is 55.8. The van der Waals surface area contributed by atoms with E-state index in [1.165, 1.54) is 39.9 Å². The number of nitrogens with one attached hydrogen (secondary N) is 6. The highest BCUT2D eigenvalue weighted by Crippen LogP contribution is 2.32. The Morgan fingerprint density at radius 3 is 1.09 bits per heavy atom. The predicted octanol–water partition coefficient (Wildman–Crippen LogP) is 14.5. The van der Waals surface area contributed by atoms with Gasteiger partial charge in [0.15, 0.2) is 0 Å². The van der Waals surface area contributed by atoms with E-state index in [0.29, 0.717) is 81.1 Å². The standard InChI is InChI=1S/C28H31FN4O.C24H32N4O.C22H28N4O.C21H26N4O/c1-19-4-8-21(9-5-19)22-10-11-23-16-27(28(34)32-17-25(31)3-2-14-30)33(26(23)15-22)18-20-6-12-24(29)13-7-20;1-15(2)21(26)11-10-20(25)14-27-24(29)23-13-19-9-8-18(12-22(19)28-23)17-6-4-16(3)5-7-17;1-15-5-7-16(8-6-15)17-9-10-18-13-21(26(2)20(18)12-17)22(27)25-14-19(24)4-3-11-23;1-14-4-6-15(7-5-14)16-8-9-17-12-20(25-19(17)11-16)21(26)24-13-18(23)3-2-10-22/h4-13,15-16,25H,2-3,14,17-18,30-31H2,1H3,(H,32,34);4-9,12-13,15,20-21,28H,10-11,14,25-26H2,1-3H3,(H,27,29);5-10,12-13,19H,3-4,11,14,23-24H2,1-2H3,(H,25,27);4-9,11-12,18,25H,2-3,10,13,22-23H2,1H3,(H,24,26)/t25-;20-,21?;19-;18-/m0000/s1. The summed E-state index contributed by atoms with van der Waals surface area (Å²) in [5.41, 5.74) is 67.9. The van der Waals surface area contributed by atoms with Crippen molar-refractivity contribution in [3.05, 3.63) is 275 Å². The smallest absolute Gasteiger partial charge is 0.268 e. The van der Waals surface area contributed by atoms with Crippen molar-refractivity contribution in [1.82, 2.24) is 40.4 Å². The van der Waals surface area contributed by atoms with E-state index in [-0.39, 0.29) is 59.7 Å². The van der Waals surface area contributed by atoms with Gasteiger partial charge in [-0.15, -0.1) is 0 Å². The number of H-pyrrole nitrogens is 2. The van der Waals surface area contributed by atoms with Crippen molar-refractivity contribution in [2.45, 2.75) is 130 Å². The second-order valence-corrected chi connectivity index (χ2v) is 31.0. The zero-order valence-corrected chi connectivity index (χ0v) is 68.1. The van der Waals surface area contributed by atoms with Crippen molar-refractivity contribution in [3.8, 4) is 44.5 Å². The van der Waals surface area contributed by atoms with Crippen LogP contribution in [0.4, 0.5) is 4.39 Å². The number of fused-ring (bicyclic) bond motifs is 4. The van der Waals surface area contributed by atoms with Crippen molar-refractivity contribution < 1.29 is 23.6 Å². The third-order valence-electron chi connectivity index (χ3n) is 21.1. The number of aromatic nitrogens is 4. The number of hydrogen-bond acceptors (Lipinski definition) is 12. The van der Waals surface area contributed by atoms with Gasteiger partial charge in [0.05, 0.1) is 0 Å². The van der Waals surface area contributed by atoms with Gasteiger partial charge in [0.25, 0.3) is 23.6 Å². The van der Waals surface area contributed by atoms with E-state index in [2.05, 4.69) is 224 Å². The highest BCUT2D eigenvalue weighted by Gasteiger charge is 2.21. The van der Waals surface area contributed by atoms with Crippen molar-refractivity contribution >= 4 is 67.2 Å². The van der Waals surface area contributed by atoms with Crippen molar-refractivity contribution in [1.29, 1.82) is 0 Å². The highest BCUT2D eigenvalue weighted by atomic mass is 19.1. The Kier molecular flexibility index (Phi) is 31.7. The largest absolute Gasteiger partial charge is 0.351 e. The van der Waals surface area contributed by atoms with Crippen LogP contribution in [0.25, 0.3) is 88.1 Å². The molecule has 0 aliphatic heterocycles. The molecule has 13 aromatic rings. The highest BCUT2D eigenvalue weighted by molar-refractivity contribution is 6.02. The monoisotopic (exact) mass is 1560 g/mol. The lowest BCUT2D eigenvalue weighted by Gasteiger charge is -2.18. The number of hydrogen-bond donors (Lipinski definition) is 14. The normalized spacial score (nSPS) is 12.6. The Labute approximate surface area is 681 Å². The van der Waals surface area contributed by atoms with E-state index in [9.17, 15) is 23.6 Å². The molecule has 4 aromatic heterocycles. The quantitative estimate of drug-likeness (QED) is 0.0193. The molecule has 0 bridgehead atoms. The van der Waals surface area contributed by atoms with Gasteiger partial charge in [-0.3, -0.25) is 19.2 Å². The first-order valence-corrected chi connectivity index (χ1v) is 40.4. The fourth-order valence-electron chi connectivity index (χ4n) is 13.7. The molecule has 0 spiro atoms. The third-order valence-corrected chi connectivity index (χ3v) is 21.1. The lowest BCUT2D eigenvalue weighted by Crippen LogP contribution is -2.39. The number of halogens is 1. The van der Waals surface area contributed by atoms with E-state index in [0.717, 1.165) is 139 Å². The number of amides is 4. The molecule has 0 aliphatic carbocycles. The molecule has 0 saturated carbocycles. The summed E-state index contributed by atoms with van der Waals surface area (Å²) in [5.74, 6) is -0.407. The summed E-state index contributed by atoms with van der Waals surface area (Å²) in [6.45, 7) is 16.5. The maximum atomic E-state index is 13.5. The molecule has 22 N–H and O–H groups in total. The minimum absolute atomic E-state index is 0.0691. The predicted molar refractivity (Wildman–Crippen MR) is 476 cm³/mol. The topological polar surface area (TPSA) is 366 Å². The van der Waals surface area contributed by atoms with Gasteiger partial charge in [-0.05, 0) is 215 Å². The maximum absolute atomic E-state index is 13.5. The van der Waals surface area contributed by atoms with Crippen LogP contribution in [0.5, 0.6) is 0 Å². The molecule has 0 fully saturated rings. The van der Waals surface area contributed by atoms with Gasteiger partial charge in [-0.25, -0.2) is 4.39 Å². The van der Waals surface area contributed by atoms with Crippen LogP contribution in [0, 0.1) is 39.4 Å². The number of nitrogens with zero attached hydrogens (tertiary/aromatic N) is 2. The molecule has 4 heterocycles. The second-order valence-electron chi connectivity index (χ2n) is 31.0. The lowest BCUT2D eigenvalue weighted by molar-refractivity contribution is 0.0934. The fourth-order valence-corrected chi connectivity index (χ4v) is 13.7. The Morgan fingerprint density at radius 2 is 0.698 bits per heavy atom. The first kappa shape index (κ1) is 87.0. The first-order valence-electron chi connectivity index (χ1n) is 40.4. The Balaban J connectivity index is 0.000000164. The minimum Gasteiger partial charge on any atom is -0.351 e. The maximum Gasteiger partial charge on any atom is 0.268 e. The fraction of sp³-hybridized carbons (Fsp3) is 0.305. The molecule has 116 heavy (non-hydrogen) atoms. The van der Waals surface area contributed by atoms with Crippen LogP contribution in [0.3, 0.4) is 0 Å². The molecule has 20 nitrogen and oxygen atoms in total. The van der Waals surface area contributed by atoms with Gasteiger partial charge < -0.3 is 86.2 Å². The van der Waals surface area contributed by atoms with E-state index in [1.54, 1.807) is 12.1 Å². The van der Waals surface area contributed by atoms with Crippen LogP contribution >= 0.6 is 0 Å². The molecular weight excluding hydrogens is 1450 g/mol. The minimum atomic E-state index is -0.285. The molecule has 0 aliphatic rings. The molecule has 21 heteroatoms. The number of nitrogens with two attached hydrogens (primary N) is 8. The Hall–Kier alpha value is -11.4. The van der Waals surface area contributed by atoms with Crippen LogP contribution < -0.4 is 67.1 Å². The van der Waals surface area contributed by atoms with Crippen LogP contribution in [-0.4, -0.2) is 119 Å². The van der Waals surface area contributed by atoms with Gasteiger partial charge in [0.2, 0.25) is 0 Å². The van der Waals surface area contributed by atoms with Gasteiger partial charge in [-0.2, -0.15) is 0 Å². The van der Waals surface area contributed by atoms with E-state index < -0.39 is 0 Å². The number of rotatable bonds is 31. The van der Waals surface area contributed by atoms with Gasteiger partial charge in [0.1, 0.15) is 28.6 Å². The zero-order chi connectivity index (χ0) is 83.0. The van der Waals surface area contributed by atoms with Crippen LogP contribution in [0.2, 0.25) is 0 Å². The summed E-state index contributed by atoms with van der Waals surface area (Å²) >= 11 is 0. The van der Waals surface area contributed by atoms with Crippen LogP contribution in [-0.2, 0) is 13.6 Å². The number of aromatic amines is 2. The summed E-state index contributed by atoms with van der Waals surface area (Å²) in [7, 11) is 1.92. The average Bonchev–Trinajstić information content (AvgIpc) is 1.63. The molecule has 9 aromatic carbocycles. The molecule has 0 radical (unpaired) electrons. The number of carbonyl (C=O) groups is 4. The van der Waals surface area contributed by atoms with Crippen LogP contribution in [0.1, 0.15) is 135 Å². The molecule has 4 amide bonds. The second kappa shape index (κ2) is 42.3. The summed E-state index contributed by atoms with van der Waals surface area (Å²) < 4.78 is 17.4. The Morgan fingerprint density at radius 1 is 0.371 bits per heavy atom. The molecule has 5 atom stereocenters. The van der Waals surface area contributed by atoms with E-state index >= 15 is 0 Å². The average molecular weight is 1570 g/mol. The summed E-state index contributed by atoms with van der Waals surface area (Å²) in [6, 6.07) is 72.3. The molecule has 1 unspecified atom stereocenters. The van der Waals surface area contributed by atoms with Crippen molar-refractivity contribution in [3.63, 3.8) is 0 Å². The van der Waals surface area contributed by atoms with Gasteiger partial charge >= 0.3 is 0 Å². The van der Waals surface area contributed by atoms with Gasteiger partial charge in [0, 0.05) is 114 Å². The van der Waals surface area contributed by atoms with Crippen molar-refractivity contribution in [2.24, 2.45) is 58.8 Å². The summed E-state index contributed by atoms with van der Waals surface area (Å²) in [4.78, 5) is 57.1. The number of benzene rings is 9. The molecule has 13 rings (SSSR count). The van der Waals surface area contributed by atoms with Crippen LogP contribution in [0.15, 0.2) is 218 Å². The summed E-state index contributed by atoms with van der Waals surface area (Å²) in [5, 5.41) is 15.8. The summed E-state index contributed by atoms with van der Waals surface area (Å²) in [6.07, 6.45) is 6.60. The van der Waals surface area contributed by atoms with E-state index in [1.807, 2.05) is 58.6 Å². The van der Waals surface area contributed by atoms with E-state index in [4.69, 9.17) is 45.9 Å². The zero-order valence-electron chi connectivity index (χ0n) is 68.1. The molecule has 0 saturated heterocycles. The third kappa shape index (κ3) is 24.6.